The van der Waals surface area contributed by atoms with Crippen LogP contribution in [0.3, 0.4) is 0 Å². The smallest absolute Gasteiger partial charge is 0.254 e. The Kier molecular flexibility index (Phi) is 4.40. The van der Waals surface area contributed by atoms with Crippen LogP contribution in [0.5, 0.6) is 5.75 Å². The average Bonchev–Trinajstić information content (AvgIpc) is 2.96. The molecule has 0 saturated carbocycles. The third-order valence-electron chi connectivity index (χ3n) is 2.76. The maximum absolute atomic E-state index is 6.10. The van der Waals surface area contributed by atoms with Crippen molar-refractivity contribution >= 4 is 34.2 Å². The first-order valence-electron chi connectivity index (χ1n) is 6.18. The van der Waals surface area contributed by atoms with E-state index in [1.807, 2.05) is 42.5 Å². The van der Waals surface area contributed by atoms with Crippen LogP contribution in [0.15, 0.2) is 52.9 Å². The molecule has 0 aliphatic heterocycles. The van der Waals surface area contributed by atoms with Crippen molar-refractivity contribution in [1.82, 2.24) is 10.2 Å². The summed E-state index contributed by atoms with van der Waals surface area (Å²) in [5.41, 5.74) is 0.715. The first-order chi connectivity index (χ1) is 10.2. The van der Waals surface area contributed by atoms with E-state index in [1.165, 1.54) is 0 Å². The van der Waals surface area contributed by atoms with Crippen LogP contribution in [-0.4, -0.2) is 10.2 Å². The second-order valence-electron chi connectivity index (χ2n) is 4.20. The topological polar surface area (TPSA) is 48.2 Å². The number of para-hydroxylation sites is 1. The highest BCUT2D eigenvalue weighted by atomic mass is 127. The van der Waals surface area contributed by atoms with Crippen LogP contribution in [0.4, 0.5) is 0 Å². The van der Waals surface area contributed by atoms with Crippen molar-refractivity contribution in [3.63, 3.8) is 0 Å². The van der Waals surface area contributed by atoms with Crippen LogP contribution in [0.1, 0.15) is 5.89 Å². The van der Waals surface area contributed by atoms with Crippen LogP contribution in [0.25, 0.3) is 11.5 Å². The zero-order valence-corrected chi connectivity index (χ0v) is 13.7. The molecule has 0 atom stereocenters. The Labute approximate surface area is 140 Å². The molecule has 0 bridgehead atoms. The Hall–Kier alpha value is -1.60. The van der Waals surface area contributed by atoms with Gasteiger partial charge in [-0.25, -0.2) is 0 Å². The van der Waals surface area contributed by atoms with Crippen molar-refractivity contribution in [2.75, 3.05) is 0 Å². The molecule has 0 unspecified atom stereocenters. The van der Waals surface area contributed by atoms with Crippen molar-refractivity contribution in [2.45, 2.75) is 6.61 Å². The van der Waals surface area contributed by atoms with Crippen molar-refractivity contribution in [1.29, 1.82) is 0 Å². The molecule has 1 aromatic heterocycles. The Morgan fingerprint density at radius 2 is 1.81 bits per heavy atom. The van der Waals surface area contributed by atoms with Crippen LogP contribution < -0.4 is 4.74 Å². The quantitative estimate of drug-likeness (QED) is 0.589. The maximum atomic E-state index is 6.10. The summed E-state index contributed by atoms with van der Waals surface area (Å²) in [6.45, 7) is 0.220. The molecule has 106 valence electrons. The lowest BCUT2D eigenvalue weighted by molar-refractivity contribution is 0.263. The van der Waals surface area contributed by atoms with Gasteiger partial charge in [-0.15, -0.1) is 10.2 Å². The maximum Gasteiger partial charge on any atom is 0.254 e. The van der Waals surface area contributed by atoms with Crippen LogP contribution in [0, 0.1) is 3.57 Å². The second kappa shape index (κ2) is 6.44. The number of aromatic nitrogens is 2. The first-order valence-corrected chi connectivity index (χ1v) is 7.64. The van der Waals surface area contributed by atoms with E-state index in [4.69, 9.17) is 20.8 Å². The Bertz CT molecular complexity index is 761. The molecule has 0 saturated heterocycles. The van der Waals surface area contributed by atoms with Gasteiger partial charge in [-0.1, -0.05) is 35.9 Å². The Morgan fingerprint density at radius 1 is 1.05 bits per heavy atom. The number of rotatable bonds is 4. The van der Waals surface area contributed by atoms with E-state index < -0.39 is 0 Å². The second-order valence-corrected chi connectivity index (χ2v) is 5.77. The number of benzene rings is 2. The minimum absolute atomic E-state index is 0.220. The summed E-state index contributed by atoms with van der Waals surface area (Å²) in [6.07, 6.45) is 0. The minimum Gasteiger partial charge on any atom is -0.483 e. The number of ether oxygens (including phenoxy) is 1. The van der Waals surface area contributed by atoms with E-state index in [0.29, 0.717) is 22.4 Å². The molecule has 0 N–H and O–H groups in total. The third-order valence-corrected chi connectivity index (χ3v) is 3.98. The number of hydrogen-bond donors (Lipinski definition) is 0. The summed E-state index contributed by atoms with van der Waals surface area (Å²) in [6, 6.07) is 15.1. The van der Waals surface area contributed by atoms with Crippen molar-refractivity contribution in [2.24, 2.45) is 0 Å². The molecule has 2 aromatic carbocycles. The van der Waals surface area contributed by atoms with Crippen LogP contribution in [0.2, 0.25) is 5.02 Å². The molecule has 0 aliphatic rings. The Balaban J connectivity index is 1.74. The van der Waals surface area contributed by atoms with Gasteiger partial charge in [-0.05, 0) is 46.9 Å². The normalized spacial score (nSPS) is 10.6. The van der Waals surface area contributed by atoms with Crippen LogP contribution >= 0.6 is 34.2 Å². The highest BCUT2D eigenvalue weighted by Crippen LogP contribution is 2.26. The van der Waals surface area contributed by atoms with Gasteiger partial charge < -0.3 is 9.15 Å². The van der Waals surface area contributed by atoms with Gasteiger partial charge in [-0.3, -0.25) is 0 Å². The van der Waals surface area contributed by atoms with Crippen molar-refractivity contribution in [3.8, 4) is 17.2 Å². The van der Waals surface area contributed by atoms with Gasteiger partial charge in [0.15, 0.2) is 6.61 Å². The van der Waals surface area contributed by atoms with Gasteiger partial charge in [0.25, 0.3) is 5.89 Å². The lowest BCUT2D eigenvalue weighted by Gasteiger charge is -2.04. The number of nitrogens with zero attached hydrogens (tertiary/aromatic N) is 2. The molecule has 0 radical (unpaired) electrons. The highest BCUT2D eigenvalue weighted by molar-refractivity contribution is 14.1. The average molecular weight is 413 g/mol. The summed E-state index contributed by atoms with van der Waals surface area (Å²) >= 11 is 8.31. The Morgan fingerprint density at radius 3 is 2.62 bits per heavy atom. The summed E-state index contributed by atoms with van der Waals surface area (Å²) in [7, 11) is 0. The van der Waals surface area contributed by atoms with Crippen LogP contribution in [-0.2, 0) is 6.61 Å². The van der Waals surface area contributed by atoms with Gasteiger partial charge in [0.1, 0.15) is 5.75 Å². The fourth-order valence-corrected chi connectivity index (χ4v) is 2.52. The van der Waals surface area contributed by atoms with E-state index >= 15 is 0 Å². The third kappa shape index (κ3) is 3.36. The lowest BCUT2D eigenvalue weighted by Crippen LogP contribution is -1.97. The van der Waals surface area contributed by atoms with E-state index in [0.717, 1.165) is 9.32 Å². The SMILES string of the molecule is Clc1ccccc1-c1nnc(COc2ccccc2I)o1. The molecule has 0 spiro atoms. The number of halogens is 2. The van der Waals surface area contributed by atoms with Gasteiger partial charge in [0.2, 0.25) is 5.89 Å². The molecule has 4 nitrogen and oxygen atoms in total. The molecular formula is C15H10ClIN2O2. The highest BCUT2D eigenvalue weighted by Gasteiger charge is 2.12. The molecule has 1 heterocycles. The zero-order valence-electron chi connectivity index (χ0n) is 10.8. The van der Waals surface area contributed by atoms with E-state index in [1.54, 1.807) is 6.07 Å². The van der Waals surface area contributed by atoms with Gasteiger partial charge in [-0.2, -0.15) is 0 Å². The predicted octanol–water partition coefficient (Wildman–Crippen LogP) is 4.57. The van der Waals surface area contributed by atoms with Gasteiger partial charge in [0, 0.05) is 0 Å². The number of hydrogen-bond acceptors (Lipinski definition) is 4. The summed E-state index contributed by atoms with van der Waals surface area (Å²) in [5.74, 6) is 1.59. The van der Waals surface area contributed by atoms with Crippen molar-refractivity contribution < 1.29 is 9.15 Å². The molecule has 21 heavy (non-hydrogen) atoms. The van der Waals surface area contributed by atoms with Gasteiger partial charge >= 0.3 is 0 Å². The van der Waals surface area contributed by atoms with E-state index in [9.17, 15) is 0 Å². The summed E-state index contributed by atoms with van der Waals surface area (Å²) in [4.78, 5) is 0. The standard InChI is InChI=1S/C15H10ClIN2O2/c16-11-6-2-1-5-10(11)15-19-18-14(21-15)9-20-13-8-4-3-7-12(13)17/h1-8H,9H2. The van der Waals surface area contributed by atoms with Gasteiger partial charge in [0.05, 0.1) is 14.2 Å². The molecule has 6 heteroatoms. The zero-order chi connectivity index (χ0) is 14.7. The fourth-order valence-electron chi connectivity index (χ4n) is 1.76. The van der Waals surface area contributed by atoms with E-state index in [-0.39, 0.29) is 6.61 Å². The first kappa shape index (κ1) is 14.3. The van der Waals surface area contributed by atoms with E-state index in [2.05, 4.69) is 32.8 Å². The molecule has 3 rings (SSSR count). The monoisotopic (exact) mass is 412 g/mol. The predicted molar refractivity (Wildman–Crippen MR) is 88.2 cm³/mol. The molecule has 0 aliphatic carbocycles. The lowest BCUT2D eigenvalue weighted by atomic mass is 10.2. The molecular weight excluding hydrogens is 403 g/mol. The minimum atomic E-state index is 0.220. The molecule has 0 fully saturated rings. The summed E-state index contributed by atoms with van der Waals surface area (Å²) < 4.78 is 12.3. The molecule has 3 aromatic rings. The largest absolute Gasteiger partial charge is 0.483 e. The summed E-state index contributed by atoms with van der Waals surface area (Å²) in [5, 5.41) is 8.55. The molecule has 0 amide bonds. The van der Waals surface area contributed by atoms with Crippen molar-refractivity contribution in [3.05, 3.63) is 63.0 Å². The fraction of sp³-hybridized carbons (Fsp3) is 0.0667.